The predicted octanol–water partition coefficient (Wildman–Crippen LogP) is 3.38. The van der Waals surface area contributed by atoms with Gasteiger partial charge >= 0.3 is 5.97 Å². The molecule has 0 bridgehead atoms. The summed E-state index contributed by atoms with van der Waals surface area (Å²) in [6.45, 7) is 2.46. The molecule has 0 aliphatic heterocycles. The van der Waals surface area contributed by atoms with Gasteiger partial charge in [-0.3, -0.25) is 0 Å². The highest BCUT2D eigenvalue weighted by molar-refractivity contribution is 6.31. The fourth-order valence-electron chi connectivity index (χ4n) is 2.04. The van der Waals surface area contributed by atoms with Crippen LogP contribution in [0.15, 0.2) is 36.5 Å². The van der Waals surface area contributed by atoms with Gasteiger partial charge in [0.1, 0.15) is 5.82 Å². The van der Waals surface area contributed by atoms with Gasteiger partial charge in [-0.25, -0.2) is 9.78 Å². The third kappa shape index (κ3) is 3.08. The maximum absolute atomic E-state index is 10.9. The first kappa shape index (κ1) is 14.3. The van der Waals surface area contributed by atoms with Gasteiger partial charge in [-0.15, -0.1) is 0 Å². The van der Waals surface area contributed by atoms with Crippen molar-refractivity contribution in [3.8, 4) is 0 Å². The zero-order chi connectivity index (χ0) is 14.7. The summed E-state index contributed by atoms with van der Waals surface area (Å²) >= 11 is 6.14. The average Bonchev–Trinajstić information content (AvgIpc) is 2.41. The van der Waals surface area contributed by atoms with Crippen molar-refractivity contribution in [1.82, 2.24) is 4.98 Å². The molecular weight excluding hydrogens is 276 g/mol. The van der Waals surface area contributed by atoms with E-state index < -0.39 is 5.97 Å². The normalized spacial score (nSPS) is 10.3. The highest BCUT2D eigenvalue weighted by Gasteiger charge is 2.11. The van der Waals surface area contributed by atoms with Crippen LogP contribution in [0, 0.1) is 6.92 Å². The van der Waals surface area contributed by atoms with Crippen molar-refractivity contribution >= 4 is 23.4 Å². The molecule has 2 rings (SSSR count). The van der Waals surface area contributed by atoms with E-state index in [1.54, 1.807) is 6.07 Å². The van der Waals surface area contributed by atoms with Crippen LogP contribution in [0.2, 0.25) is 5.02 Å². The molecule has 0 aliphatic carbocycles. The Kier molecular flexibility index (Phi) is 4.25. The van der Waals surface area contributed by atoms with Gasteiger partial charge in [-0.2, -0.15) is 0 Å². The van der Waals surface area contributed by atoms with Crippen molar-refractivity contribution in [2.75, 3.05) is 11.9 Å². The fraction of sp³-hybridized carbons (Fsp3) is 0.200. The van der Waals surface area contributed by atoms with Gasteiger partial charge in [0.15, 0.2) is 0 Å². The van der Waals surface area contributed by atoms with Gasteiger partial charge in [0.25, 0.3) is 0 Å². The van der Waals surface area contributed by atoms with Gasteiger partial charge in [0.2, 0.25) is 0 Å². The summed E-state index contributed by atoms with van der Waals surface area (Å²) in [4.78, 5) is 17.1. The molecule has 0 amide bonds. The van der Waals surface area contributed by atoms with Gasteiger partial charge in [0, 0.05) is 24.8 Å². The lowest BCUT2D eigenvalue weighted by Gasteiger charge is -2.21. The smallest absolute Gasteiger partial charge is 0.337 e. The van der Waals surface area contributed by atoms with Crippen LogP contribution in [0.1, 0.15) is 21.5 Å². The van der Waals surface area contributed by atoms with E-state index in [9.17, 15) is 4.79 Å². The molecule has 1 aromatic carbocycles. The zero-order valence-corrected chi connectivity index (χ0v) is 12.1. The number of carbonyl (C=O) groups is 1. The van der Waals surface area contributed by atoms with Crippen LogP contribution in [0.4, 0.5) is 5.82 Å². The molecule has 0 spiro atoms. The summed E-state index contributed by atoms with van der Waals surface area (Å²) in [7, 11) is 1.90. The Hall–Kier alpha value is -2.07. The number of hydrogen-bond donors (Lipinski definition) is 1. The molecule has 5 heteroatoms. The summed E-state index contributed by atoms with van der Waals surface area (Å²) < 4.78 is 0. The van der Waals surface area contributed by atoms with E-state index in [2.05, 4.69) is 4.98 Å². The van der Waals surface area contributed by atoms with Crippen molar-refractivity contribution < 1.29 is 9.90 Å². The molecule has 0 unspecified atom stereocenters. The molecule has 0 saturated carbocycles. The van der Waals surface area contributed by atoms with Gasteiger partial charge < -0.3 is 10.0 Å². The van der Waals surface area contributed by atoms with Crippen molar-refractivity contribution in [2.24, 2.45) is 0 Å². The molecule has 104 valence electrons. The summed E-state index contributed by atoms with van der Waals surface area (Å²) in [6.07, 6.45) is 1.37. The predicted molar refractivity (Wildman–Crippen MR) is 79.5 cm³/mol. The lowest BCUT2D eigenvalue weighted by Crippen LogP contribution is -2.19. The number of carboxylic acid groups (broad SMARTS) is 1. The number of rotatable bonds is 4. The van der Waals surface area contributed by atoms with E-state index in [-0.39, 0.29) is 5.56 Å². The summed E-state index contributed by atoms with van der Waals surface area (Å²) in [6, 6.07) is 9.24. The van der Waals surface area contributed by atoms with E-state index >= 15 is 0 Å². The standard InChI is InChI=1S/C15H15ClN2O2/c1-10-7-12(15(19)20)8-17-14(10)18(2)9-11-5-3-4-6-13(11)16/h3-8H,9H2,1-2H3,(H,19,20). The van der Waals surface area contributed by atoms with Crippen LogP contribution in [-0.4, -0.2) is 23.1 Å². The van der Waals surface area contributed by atoms with Crippen LogP contribution in [-0.2, 0) is 6.54 Å². The first-order valence-electron chi connectivity index (χ1n) is 6.13. The van der Waals surface area contributed by atoms with E-state index in [1.165, 1.54) is 6.20 Å². The van der Waals surface area contributed by atoms with Crippen LogP contribution in [0.3, 0.4) is 0 Å². The molecule has 0 atom stereocenters. The van der Waals surface area contributed by atoms with Crippen LogP contribution in [0.5, 0.6) is 0 Å². The quantitative estimate of drug-likeness (QED) is 0.938. The molecule has 4 nitrogen and oxygen atoms in total. The number of carboxylic acids is 1. The number of nitrogens with zero attached hydrogens (tertiary/aromatic N) is 2. The minimum atomic E-state index is -0.971. The Balaban J connectivity index is 2.23. The Morgan fingerprint density at radius 3 is 2.70 bits per heavy atom. The van der Waals surface area contributed by atoms with Crippen molar-refractivity contribution in [3.05, 3.63) is 58.2 Å². The van der Waals surface area contributed by atoms with Gasteiger partial charge in [-0.1, -0.05) is 29.8 Å². The molecule has 1 aromatic heterocycles. The molecular formula is C15H15ClN2O2. The van der Waals surface area contributed by atoms with E-state index in [0.717, 1.165) is 16.9 Å². The zero-order valence-electron chi connectivity index (χ0n) is 11.3. The van der Waals surface area contributed by atoms with E-state index in [1.807, 2.05) is 43.1 Å². The number of aromatic carboxylic acids is 1. The number of pyridine rings is 1. The monoisotopic (exact) mass is 290 g/mol. The molecule has 0 fully saturated rings. The highest BCUT2D eigenvalue weighted by atomic mass is 35.5. The van der Waals surface area contributed by atoms with Crippen molar-refractivity contribution in [3.63, 3.8) is 0 Å². The molecule has 0 saturated heterocycles. The number of hydrogen-bond acceptors (Lipinski definition) is 3. The number of aromatic nitrogens is 1. The molecule has 0 aliphatic rings. The first-order chi connectivity index (χ1) is 9.49. The number of benzene rings is 1. The fourth-order valence-corrected chi connectivity index (χ4v) is 2.24. The van der Waals surface area contributed by atoms with Crippen LogP contribution >= 0.6 is 11.6 Å². The maximum Gasteiger partial charge on any atom is 0.337 e. The second-order valence-electron chi connectivity index (χ2n) is 4.62. The third-order valence-electron chi connectivity index (χ3n) is 3.02. The Labute approximate surface area is 122 Å². The number of anilines is 1. The maximum atomic E-state index is 10.9. The Morgan fingerprint density at radius 1 is 1.40 bits per heavy atom. The van der Waals surface area contributed by atoms with E-state index in [4.69, 9.17) is 16.7 Å². The minimum absolute atomic E-state index is 0.192. The summed E-state index contributed by atoms with van der Waals surface area (Å²) in [5.41, 5.74) is 2.01. The Morgan fingerprint density at radius 2 is 2.10 bits per heavy atom. The first-order valence-corrected chi connectivity index (χ1v) is 6.51. The van der Waals surface area contributed by atoms with Gasteiger partial charge in [-0.05, 0) is 30.2 Å². The second kappa shape index (κ2) is 5.92. The highest BCUT2D eigenvalue weighted by Crippen LogP contribution is 2.22. The molecule has 20 heavy (non-hydrogen) atoms. The molecule has 2 aromatic rings. The molecule has 1 N–H and O–H groups in total. The van der Waals surface area contributed by atoms with Crippen LogP contribution in [0.25, 0.3) is 0 Å². The van der Waals surface area contributed by atoms with Crippen molar-refractivity contribution in [1.29, 1.82) is 0 Å². The third-order valence-corrected chi connectivity index (χ3v) is 3.39. The molecule has 0 radical (unpaired) electrons. The number of aryl methyl sites for hydroxylation is 1. The Bertz CT molecular complexity index is 644. The second-order valence-corrected chi connectivity index (χ2v) is 5.02. The van der Waals surface area contributed by atoms with Crippen molar-refractivity contribution in [2.45, 2.75) is 13.5 Å². The SMILES string of the molecule is Cc1cc(C(=O)O)cnc1N(C)Cc1ccccc1Cl. The summed E-state index contributed by atoms with van der Waals surface area (Å²) in [5.74, 6) is -0.226. The lowest BCUT2D eigenvalue weighted by molar-refractivity contribution is 0.0696. The number of halogens is 1. The topological polar surface area (TPSA) is 53.4 Å². The van der Waals surface area contributed by atoms with E-state index in [0.29, 0.717) is 11.6 Å². The molecule has 1 heterocycles. The largest absolute Gasteiger partial charge is 0.478 e. The summed E-state index contributed by atoms with van der Waals surface area (Å²) in [5, 5.41) is 9.65. The van der Waals surface area contributed by atoms with Gasteiger partial charge in [0.05, 0.1) is 5.56 Å². The lowest BCUT2D eigenvalue weighted by atomic mass is 10.1. The minimum Gasteiger partial charge on any atom is -0.478 e. The average molecular weight is 291 g/mol. The van der Waals surface area contributed by atoms with Crippen LogP contribution < -0.4 is 4.90 Å².